The molecule has 118 valence electrons. The van der Waals surface area contributed by atoms with E-state index in [0.717, 1.165) is 24.0 Å². The van der Waals surface area contributed by atoms with Gasteiger partial charge in [0.1, 0.15) is 11.5 Å². The van der Waals surface area contributed by atoms with Crippen LogP contribution in [0, 0.1) is 5.82 Å². The van der Waals surface area contributed by atoms with Crippen molar-refractivity contribution < 1.29 is 9.50 Å². The first-order chi connectivity index (χ1) is 11.1. The van der Waals surface area contributed by atoms with Gasteiger partial charge in [-0.1, -0.05) is 48.0 Å². The van der Waals surface area contributed by atoms with E-state index in [0.29, 0.717) is 17.1 Å². The lowest BCUT2D eigenvalue weighted by atomic mass is 10.0. The molecule has 4 heteroatoms. The minimum Gasteiger partial charge on any atom is -0.376 e. The predicted octanol–water partition coefficient (Wildman–Crippen LogP) is 4.40. The van der Waals surface area contributed by atoms with Gasteiger partial charge in [-0.15, -0.1) is 0 Å². The molecule has 4 rings (SSSR count). The van der Waals surface area contributed by atoms with E-state index in [1.165, 1.54) is 6.07 Å². The summed E-state index contributed by atoms with van der Waals surface area (Å²) in [5.41, 5.74) is 1.72. The van der Waals surface area contributed by atoms with Crippen LogP contribution in [0.4, 0.5) is 4.39 Å². The lowest BCUT2D eigenvalue weighted by molar-refractivity contribution is -0.0248. The fraction of sp³-hybridized carbons (Fsp3) is 0.263. The average Bonchev–Trinajstić information content (AvgIpc) is 3.14. The lowest BCUT2D eigenvalue weighted by Crippen LogP contribution is -2.37. The summed E-state index contributed by atoms with van der Waals surface area (Å²) in [6, 6.07) is 14.6. The molecule has 1 unspecified atom stereocenters. The van der Waals surface area contributed by atoms with Gasteiger partial charge in [-0.05, 0) is 42.2 Å². The molecular formula is C19H17ClFNO. The Bertz CT molecular complexity index is 770. The van der Waals surface area contributed by atoms with E-state index >= 15 is 0 Å². The number of nitrogens with zero attached hydrogens (tertiary/aromatic N) is 1. The second-order valence-electron chi connectivity index (χ2n) is 6.28. The number of rotatable bonds is 3. The van der Waals surface area contributed by atoms with E-state index in [2.05, 4.69) is 4.90 Å². The molecule has 0 radical (unpaired) electrons. The molecular weight excluding hydrogens is 313 g/mol. The van der Waals surface area contributed by atoms with Crippen molar-refractivity contribution in [1.82, 2.24) is 4.90 Å². The summed E-state index contributed by atoms with van der Waals surface area (Å²) >= 11 is 6.03. The van der Waals surface area contributed by atoms with Crippen LogP contribution in [0.25, 0.3) is 5.57 Å². The Morgan fingerprint density at radius 2 is 1.87 bits per heavy atom. The molecule has 23 heavy (non-hydrogen) atoms. The number of hydrogen-bond acceptors (Lipinski definition) is 2. The first kappa shape index (κ1) is 14.9. The standard InChI is InChI=1S/C19H17ClFNO/c20-15-6-7-17(21)16(11-15)14-10-18(13-4-2-1-3-5-13)22(12-14)19(23)8-9-19/h1-7,10-11,18,23H,8-9,12H2. The van der Waals surface area contributed by atoms with Crippen molar-refractivity contribution in [1.29, 1.82) is 0 Å². The molecule has 2 aromatic rings. The van der Waals surface area contributed by atoms with Gasteiger partial charge >= 0.3 is 0 Å². The third-order valence-corrected chi connectivity index (χ3v) is 4.92. The van der Waals surface area contributed by atoms with E-state index in [9.17, 15) is 9.50 Å². The number of hydrogen-bond donors (Lipinski definition) is 1. The normalized spacial score (nSPS) is 22.9. The van der Waals surface area contributed by atoms with Crippen molar-refractivity contribution in [2.24, 2.45) is 0 Å². The Morgan fingerprint density at radius 1 is 1.13 bits per heavy atom. The van der Waals surface area contributed by atoms with Gasteiger partial charge in [0.25, 0.3) is 0 Å². The van der Waals surface area contributed by atoms with Crippen LogP contribution >= 0.6 is 11.6 Å². The maximum atomic E-state index is 14.2. The number of aliphatic hydroxyl groups is 1. The molecule has 2 nitrogen and oxygen atoms in total. The van der Waals surface area contributed by atoms with Gasteiger partial charge in [-0.25, -0.2) is 4.39 Å². The molecule has 0 aromatic heterocycles. The maximum absolute atomic E-state index is 14.2. The van der Waals surface area contributed by atoms with Crippen LogP contribution in [0.1, 0.15) is 30.0 Å². The average molecular weight is 330 g/mol. The van der Waals surface area contributed by atoms with Crippen molar-refractivity contribution in [3.63, 3.8) is 0 Å². The SMILES string of the molecule is OC1(N2CC(c3cc(Cl)ccc3F)=CC2c2ccccc2)CC1. The summed E-state index contributed by atoms with van der Waals surface area (Å²) in [4.78, 5) is 2.05. The van der Waals surface area contributed by atoms with Crippen molar-refractivity contribution >= 4 is 17.2 Å². The third-order valence-electron chi connectivity index (χ3n) is 4.68. The first-order valence-corrected chi connectivity index (χ1v) is 8.15. The maximum Gasteiger partial charge on any atom is 0.130 e. The molecule has 1 saturated carbocycles. The molecule has 1 aliphatic heterocycles. The molecule has 2 aromatic carbocycles. The Morgan fingerprint density at radius 3 is 2.57 bits per heavy atom. The van der Waals surface area contributed by atoms with Gasteiger partial charge in [-0.3, -0.25) is 4.90 Å². The molecule has 0 bridgehead atoms. The van der Waals surface area contributed by atoms with Crippen molar-refractivity contribution in [2.45, 2.75) is 24.6 Å². The summed E-state index contributed by atoms with van der Waals surface area (Å²) < 4.78 is 14.2. The van der Waals surface area contributed by atoms with Gasteiger partial charge in [0, 0.05) is 17.1 Å². The quantitative estimate of drug-likeness (QED) is 0.902. The molecule has 2 aliphatic rings. The van der Waals surface area contributed by atoms with Crippen molar-refractivity contribution in [3.8, 4) is 0 Å². The zero-order valence-electron chi connectivity index (χ0n) is 12.5. The van der Waals surface area contributed by atoms with E-state index in [4.69, 9.17) is 11.6 Å². The predicted molar refractivity (Wildman–Crippen MR) is 89.5 cm³/mol. The van der Waals surface area contributed by atoms with E-state index in [1.54, 1.807) is 12.1 Å². The van der Waals surface area contributed by atoms with Crippen LogP contribution in [-0.4, -0.2) is 22.3 Å². The van der Waals surface area contributed by atoms with Gasteiger partial charge in [-0.2, -0.15) is 0 Å². The van der Waals surface area contributed by atoms with Gasteiger partial charge in [0.05, 0.1) is 6.04 Å². The Balaban J connectivity index is 1.76. The fourth-order valence-electron chi connectivity index (χ4n) is 3.27. The van der Waals surface area contributed by atoms with Crippen LogP contribution in [0.2, 0.25) is 5.02 Å². The highest BCUT2D eigenvalue weighted by Crippen LogP contribution is 2.48. The van der Waals surface area contributed by atoms with Crippen LogP contribution in [0.5, 0.6) is 0 Å². The zero-order chi connectivity index (χ0) is 16.0. The van der Waals surface area contributed by atoms with Gasteiger partial charge in [0.15, 0.2) is 0 Å². The van der Waals surface area contributed by atoms with Crippen LogP contribution in [-0.2, 0) is 0 Å². The minimum absolute atomic E-state index is 0.0444. The van der Waals surface area contributed by atoms with Crippen molar-refractivity contribution in [3.05, 3.63) is 76.6 Å². The highest BCUT2D eigenvalue weighted by molar-refractivity contribution is 6.30. The zero-order valence-corrected chi connectivity index (χ0v) is 13.3. The molecule has 1 heterocycles. The molecule has 1 aliphatic carbocycles. The molecule has 1 atom stereocenters. The summed E-state index contributed by atoms with van der Waals surface area (Å²) in [6.45, 7) is 0.521. The van der Waals surface area contributed by atoms with Crippen molar-refractivity contribution in [2.75, 3.05) is 6.54 Å². The van der Waals surface area contributed by atoms with Crippen LogP contribution < -0.4 is 0 Å². The molecule has 0 amide bonds. The van der Waals surface area contributed by atoms with E-state index in [-0.39, 0.29) is 11.9 Å². The van der Waals surface area contributed by atoms with Gasteiger partial charge < -0.3 is 5.11 Å². The Hall–Kier alpha value is -1.68. The third kappa shape index (κ3) is 2.69. The second-order valence-corrected chi connectivity index (χ2v) is 6.72. The van der Waals surface area contributed by atoms with Crippen LogP contribution in [0.15, 0.2) is 54.6 Å². The van der Waals surface area contributed by atoms with Crippen LogP contribution in [0.3, 0.4) is 0 Å². The topological polar surface area (TPSA) is 23.5 Å². The first-order valence-electron chi connectivity index (χ1n) is 7.77. The minimum atomic E-state index is -0.770. The number of halogens is 2. The lowest BCUT2D eigenvalue weighted by Gasteiger charge is -2.30. The largest absolute Gasteiger partial charge is 0.376 e. The highest BCUT2D eigenvalue weighted by atomic mass is 35.5. The summed E-state index contributed by atoms with van der Waals surface area (Å²) in [6.07, 6.45) is 3.56. The summed E-state index contributed by atoms with van der Waals surface area (Å²) in [5.74, 6) is -0.280. The molecule has 1 N–H and O–H groups in total. The Labute approximate surface area is 139 Å². The summed E-state index contributed by atoms with van der Waals surface area (Å²) in [5, 5.41) is 11.1. The molecule has 0 saturated heterocycles. The second kappa shape index (κ2) is 5.45. The molecule has 0 spiro atoms. The van der Waals surface area contributed by atoms with Gasteiger partial charge in [0.2, 0.25) is 0 Å². The fourth-order valence-corrected chi connectivity index (χ4v) is 3.44. The highest BCUT2D eigenvalue weighted by Gasteiger charge is 2.50. The molecule has 1 fully saturated rings. The number of benzene rings is 2. The van der Waals surface area contributed by atoms with E-state index < -0.39 is 5.72 Å². The smallest absolute Gasteiger partial charge is 0.130 e. The Kier molecular flexibility index (Phi) is 3.52. The van der Waals surface area contributed by atoms with E-state index in [1.807, 2.05) is 36.4 Å². The summed E-state index contributed by atoms with van der Waals surface area (Å²) in [7, 11) is 0. The monoisotopic (exact) mass is 329 g/mol.